The third-order valence-corrected chi connectivity index (χ3v) is 2.50. The van der Waals surface area contributed by atoms with Crippen LogP contribution in [0.3, 0.4) is 0 Å². The molecule has 0 atom stereocenters. The molecule has 0 fully saturated rings. The molecule has 3 nitrogen and oxygen atoms in total. The van der Waals surface area contributed by atoms with Crippen molar-refractivity contribution in [2.45, 2.75) is 46.1 Å². The van der Waals surface area contributed by atoms with Crippen LogP contribution in [0.15, 0.2) is 18.3 Å². The maximum Gasteiger partial charge on any atom is 0.253 e. The molecule has 16 heavy (non-hydrogen) atoms. The van der Waals surface area contributed by atoms with E-state index in [9.17, 15) is 4.79 Å². The Morgan fingerprint density at radius 1 is 1.44 bits per heavy atom. The normalized spacial score (nSPS) is 11.2. The van der Waals surface area contributed by atoms with Crippen molar-refractivity contribution in [1.82, 2.24) is 10.3 Å². The standard InChI is InChI=1S/C13H20N2O/c1-5-8-13(3,4)15-12(16)11-7-6-10(2)14-9-11/h6-7,9H,5,8H2,1-4H3,(H,15,16). The molecule has 1 aromatic heterocycles. The summed E-state index contributed by atoms with van der Waals surface area (Å²) in [6.45, 7) is 8.09. The van der Waals surface area contributed by atoms with Crippen LogP contribution in [0, 0.1) is 6.92 Å². The van der Waals surface area contributed by atoms with Crippen LogP contribution in [-0.2, 0) is 0 Å². The Morgan fingerprint density at radius 3 is 2.62 bits per heavy atom. The summed E-state index contributed by atoms with van der Waals surface area (Å²) >= 11 is 0. The van der Waals surface area contributed by atoms with E-state index in [2.05, 4.69) is 17.2 Å². The summed E-state index contributed by atoms with van der Waals surface area (Å²) < 4.78 is 0. The van der Waals surface area contributed by atoms with Crippen molar-refractivity contribution in [3.05, 3.63) is 29.6 Å². The monoisotopic (exact) mass is 220 g/mol. The highest BCUT2D eigenvalue weighted by atomic mass is 16.1. The van der Waals surface area contributed by atoms with Crippen LogP contribution in [0.5, 0.6) is 0 Å². The van der Waals surface area contributed by atoms with Gasteiger partial charge < -0.3 is 5.32 Å². The predicted octanol–water partition coefficient (Wildman–Crippen LogP) is 2.70. The molecule has 0 aliphatic carbocycles. The van der Waals surface area contributed by atoms with Gasteiger partial charge in [0.1, 0.15) is 0 Å². The first kappa shape index (κ1) is 12.7. The summed E-state index contributed by atoms with van der Waals surface area (Å²) in [5.74, 6) is -0.0500. The minimum atomic E-state index is -0.156. The molecule has 0 unspecified atom stereocenters. The molecule has 1 N–H and O–H groups in total. The molecule has 0 saturated carbocycles. The van der Waals surface area contributed by atoms with Crippen LogP contribution in [0.25, 0.3) is 0 Å². The third-order valence-electron chi connectivity index (χ3n) is 2.50. The van der Waals surface area contributed by atoms with Crippen molar-refractivity contribution in [2.75, 3.05) is 0 Å². The van der Waals surface area contributed by atoms with Gasteiger partial charge in [0.05, 0.1) is 5.56 Å². The van der Waals surface area contributed by atoms with Gasteiger partial charge >= 0.3 is 0 Å². The molecule has 0 aliphatic heterocycles. The Bertz CT molecular complexity index is 355. The Hall–Kier alpha value is -1.38. The van der Waals surface area contributed by atoms with E-state index in [1.807, 2.05) is 26.8 Å². The average molecular weight is 220 g/mol. The van der Waals surface area contributed by atoms with E-state index in [1.165, 1.54) is 0 Å². The molecule has 0 spiro atoms. The van der Waals surface area contributed by atoms with Gasteiger partial charge in [0.2, 0.25) is 0 Å². The molecule has 0 saturated heterocycles. The van der Waals surface area contributed by atoms with Gasteiger partial charge in [-0.2, -0.15) is 0 Å². The largest absolute Gasteiger partial charge is 0.347 e. The van der Waals surface area contributed by atoms with Gasteiger partial charge in [-0.05, 0) is 39.3 Å². The first-order chi connectivity index (χ1) is 7.44. The van der Waals surface area contributed by atoms with E-state index in [1.54, 1.807) is 12.3 Å². The summed E-state index contributed by atoms with van der Waals surface area (Å²) in [7, 11) is 0. The predicted molar refractivity (Wildman–Crippen MR) is 65.4 cm³/mol. The number of aryl methyl sites for hydroxylation is 1. The minimum Gasteiger partial charge on any atom is -0.347 e. The smallest absolute Gasteiger partial charge is 0.253 e. The summed E-state index contributed by atoms with van der Waals surface area (Å²) in [5.41, 5.74) is 1.38. The highest BCUT2D eigenvalue weighted by molar-refractivity contribution is 5.94. The number of carbonyl (C=O) groups is 1. The fourth-order valence-corrected chi connectivity index (χ4v) is 1.67. The zero-order valence-corrected chi connectivity index (χ0v) is 10.5. The SMILES string of the molecule is CCCC(C)(C)NC(=O)c1ccc(C)nc1. The first-order valence-electron chi connectivity index (χ1n) is 5.70. The lowest BCUT2D eigenvalue weighted by atomic mass is 9.98. The number of hydrogen-bond acceptors (Lipinski definition) is 2. The van der Waals surface area contributed by atoms with Crippen LogP contribution < -0.4 is 5.32 Å². The number of pyridine rings is 1. The van der Waals surface area contributed by atoms with Gasteiger partial charge in [-0.25, -0.2) is 0 Å². The van der Waals surface area contributed by atoms with Gasteiger partial charge in [0.15, 0.2) is 0 Å². The second-order valence-corrected chi connectivity index (χ2v) is 4.78. The maximum atomic E-state index is 11.9. The molecule has 1 rings (SSSR count). The molecule has 0 bridgehead atoms. The van der Waals surface area contributed by atoms with Gasteiger partial charge in [-0.3, -0.25) is 9.78 Å². The van der Waals surface area contributed by atoms with Crippen LogP contribution in [0.1, 0.15) is 49.7 Å². The van der Waals surface area contributed by atoms with Gasteiger partial charge in [0, 0.05) is 17.4 Å². The molecule has 1 aromatic rings. The molecule has 0 aromatic carbocycles. The molecule has 88 valence electrons. The molecule has 0 aliphatic rings. The maximum absolute atomic E-state index is 11.9. The van der Waals surface area contributed by atoms with Crippen LogP contribution in [-0.4, -0.2) is 16.4 Å². The van der Waals surface area contributed by atoms with Crippen LogP contribution in [0.2, 0.25) is 0 Å². The van der Waals surface area contributed by atoms with Crippen molar-refractivity contribution >= 4 is 5.91 Å². The van der Waals surface area contributed by atoms with Crippen molar-refractivity contribution in [3.63, 3.8) is 0 Å². The van der Waals surface area contributed by atoms with Crippen molar-refractivity contribution in [3.8, 4) is 0 Å². The number of amides is 1. The highest BCUT2D eigenvalue weighted by Crippen LogP contribution is 2.12. The molecule has 3 heteroatoms. The highest BCUT2D eigenvalue weighted by Gasteiger charge is 2.19. The quantitative estimate of drug-likeness (QED) is 0.847. The zero-order valence-electron chi connectivity index (χ0n) is 10.5. The topological polar surface area (TPSA) is 42.0 Å². The average Bonchev–Trinajstić information content (AvgIpc) is 2.17. The molecule has 1 heterocycles. The van der Waals surface area contributed by atoms with Crippen molar-refractivity contribution in [2.24, 2.45) is 0 Å². The van der Waals surface area contributed by atoms with E-state index < -0.39 is 0 Å². The lowest BCUT2D eigenvalue weighted by Gasteiger charge is -2.25. The number of nitrogens with one attached hydrogen (secondary N) is 1. The van der Waals surface area contributed by atoms with E-state index in [0.717, 1.165) is 18.5 Å². The Balaban J connectivity index is 2.69. The fourth-order valence-electron chi connectivity index (χ4n) is 1.67. The molecule has 1 amide bonds. The number of hydrogen-bond donors (Lipinski definition) is 1. The Morgan fingerprint density at radius 2 is 2.12 bits per heavy atom. The molecular formula is C13H20N2O. The third kappa shape index (κ3) is 3.65. The summed E-state index contributed by atoms with van der Waals surface area (Å²) in [6, 6.07) is 3.65. The lowest BCUT2D eigenvalue weighted by Crippen LogP contribution is -2.43. The zero-order chi connectivity index (χ0) is 12.2. The summed E-state index contributed by atoms with van der Waals surface area (Å²) in [5, 5.41) is 3.01. The first-order valence-corrected chi connectivity index (χ1v) is 5.70. The van der Waals surface area contributed by atoms with Gasteiger partial charge in [-0.15, -0.1) is 0 Å². The second kappa shape index (κ2) is 5.10. The lowest BCUT2D eigenvalue weighted by molar-refractivity contribution is 0.0908. The van der Waals surface area contributed by atoms with E-state index >= 15 is 0 Å². The fraction of sp³-hybridized carbons (Fsp3) is 0.538. The second-order valence-electron chi connectivity index (χ2n) is 4.78. The Kier molecular flexibility index (Phi) is 4.05. The van der Waals surface area contributed by atoms with Crippen LogP contribution >= 0.6 is 0 Å². The molecular weight excluding hydrogens is 200 g/mol. The van der Waals surface area contributed by atoms with Crippen molar-refractivity contribution < 1.29 is 4.79 Å². The van der Waals surface area contributed by atoms with Crippen LogP contribution in [0.4, 0.5) is 0 Å². The molecule has 0 radical (unpaired) electrons. The van der Waals surface area contributed by atoms with Gasteiger partial charge in [-0.1, -0.05) is 13.3 Å². The van der Waals surface area contributed by atoms with E-state index in [0.29, 0.717) is 5.56 Å². The number of carbonyl (C=O) groups excluding carboxylic acids is 1. The summed E-state index contributed by atoms with van der Waals surface area (Å²) in [4.78, 5) is 16.0. The minimum absolute atomic E-state index is 0.0500. The number of rotatable bonds is 4. The van der Waals surface area contributed by atoms with E-state index in [4.69, 9.17) is 0 Å². The number of nitrogens with zero attached hydrogens (tertiary/aromatic N) is 1. The van der Waals surface area contributed by atoms with E-state index in [-0.39, 0.29) is 11.4 Å². The van der Waals surface area contributed by atoms with Gasteiger partial charge in [0.25, 0.3) is 5.91 Å². The Labute approximate surface area is 97.3 Å². The van der Waals surface area contributed by atoms with Crippen molar-refractivity contribution in [1.29, 1.82) is 0 Å². The number of aromatic nitrogens is 1. The summed E-state index contributed by atoms with van der Waals surface area (Å²) in [6.07, 6.45) is 3.64.